The van der Waals surface area contributed by atoms with Gasteiger partial charge in [-0.3, -0.25) is 4.79 Å². The van der Waals surface area contributed by atoms with Gasteiger partial charge >= 0.3 is 5.97 Å². The maximum atomic E-state index is 12.8. The van der Waals surface area contributed by atoms with Gasteiger partial charge in [0, 0.05) is 23.2 Å². The zero-order chi connectivity index (χ0) is 25.4. The van der Waals surface area contributed by atoms with Crippen LogP contribution in [0.4, 0.5) is 0 Å². The van der Waals surface area contributed by atoms with Gasteiger partial charge in [0.15, 0.2) is 5.79 Å². The molecule has 5 aliphatic carbocycles. The van der Waals surface area contributed by atoms with Crippen LogP contribution in [0.15, 0.2) is 11.6 Å². The Labute approximate surface area is 210 Å². The molecule has 2 saturated heterocycles. The molecule has 3 N–H and O–H groups in total. The average Bonchev–Trinajstić information content (AvgIpc) is 2.77. The molecule has 2 bridgehead atoms. The minimum atomic E-state index is -1.16. The van der Waals surface area contributed by atoms with E-state index in [4.69, 9.17) is 4.74 Å². The Balaban J connectivity index is 1.50. The van der Waals surface area contributed by atoms with E-state index in [0.717, 1.165) is 38.5 Å². The van der Waals surface area contributed by atoms with E-state index in [0.29, 0.717) is 37.2 Å². The molecule has 7 aliphatic rings. The fourth-order valence-electron chi connectivity index (χ4n) is 11.4. The second-order valence-corrected chi connectivity index (χ2v) is 14.8. The van der Waals surface area contributed by atoms with Crippen LogP contribution in [0.5, 0.6) is 0 Å². The zero-order valence-electron chi connectivity index (χ0n) is 22.6. The summed E-state index contributed by atoms with van der Waals surface area (Å²) in [5.41, 5.74) is -0.197. The van der Waals surface area contributed by atoms with E-state index in [2.05, 4.69) is 47.6 Å². The third-order valence-corrected chi connectivity index (χ3v) is 13.8. The van der Waals surface area contributed by atoms with E-state index in [1.807, 2.05) is 0 Å². The maximum Gasteiger partial charge on any atom is 0.310 e. The first-order valence-electron chi connectivity index (χ1n) is 14.2. The van der Waals surface area contributed by atoms with Crippen LogP contribution in [0.3, 0.4) is 0 Å². The fraction of sp³-hybridized carbons (Fsp3) is 0.900. The second kappa shape index (κ2) is 6.94. The Morgan fingerprint density at radius 3 is 2.40 bits per heavy atom. The summed E-state index contributed by atoms with van der Waals surface area (Å²) in [4.78, 5) is 12.8. The maximum absolute atomic E-state index is 12.8. The molecule has 0 radical (unpaired) electrons. The summed E-state index contributed by atoms with van der Waals surface area (Å²) in [6.07, 6.45) is 8.51. The zero-order valence-corrected chi connectivity index (χ0v) is 22.6. The van der Waals surface area contributed by atoms with Crippen molar-refractivity contribution in [3.05, 3.63) is 11.6 Å². The molecule has 196 valence electrons. The third-order valence-electron chi connectivity index (χ3n) is 13.8. The smallest absolute Gasteiger partial charge is 0.310 e. The number of carboxylic acid groups (broad SMARTS) is 1. The molecule has 0 amide bonds. The highest BCUT2D eigenvalue weighted by molar-refractivity contribution is 5.76. The predicted molar refractivity (Wildman–Crippen MR) is 133 cm³/mol. The van der Waals surface area contributed by atoms with Crippen LogP contribution in [0.1, 0.15) is 92.9 Å². The van der Waals surface area contributed by atoms with Crippen molar-refractivity contribution in [2.45, 2.75) is 105 Å². The lowest BCUT2D eigenvalue weighted by Crippen LogP contribution is -2.76. The van der Waals surface area contributed by atoms with Gasteiger partial charge in [-0.2, -0.15) is 0 Å². The number of carboxylic acids is 1. The van der Waals surface area contributed by atoms with Gasteiger partial charge in [0.05, 0.1) is 18.1 Å². The third kappa shape index (κ3) is 2.55. The second-order valence-electron chi connectivity index (χ2n) is 14.8. The highest BCUT2D eigenvalue weighted by Crippen LogP contribution is 2.77. The van der Waals surface area contributed by atoms with E-state index >= 15 is 0 Å². The highest BCUT2D eigenvalue weighted by atomic mass is 16.6. The number of allylic oxidation sites excluding steroid dienone is 2. The van der Waals surface area contributed by atoms with Gasteiger partial charge in [0.25, 0.3) is 0 Å². The summed E-state index contributed by atoms with van der Waals surface area (Å²) in [5.74, 6) is -0.468. The minimum Gasteiger partial charge on any atom is -0.481 e. The fourth-order valence-corrected chi connectivity index (χ4v) is 11.4. The summed E-state index contributed by atoms with van der Waals surface area (Å²) in [6.45, 7) is 14.1. The molecular formula is C30H46O5. The van der Waals surface area contributed by atoms with Crippen molar-refractivity contribution >= 4 is 5.97 Å². The molecule has 0 aromatic carbocycles. The molecule has 2 aliphatic heterocycles. The first-order chi connectivity index (χ1) is 16.2. The molecule has 1 spiro atoms. The molecule has 11 atom stereocenters. The number of ether oxygens (including phenoxy) is 1. The molecule has 2 heterocycles. The molecule has 35 heavy (non-hydrogen) atoms. The molecule has 0 aromatic heterocycles. The number of aliphatic carboxylic acids is 1. The van der Waals surface area contributed by atoms with Crippen molar-refractivity contribution in [1.29, 1.82) is 0 Å². The number of hydrogen-bond acceptors (Lipinski definition) is 4. The van der Waals surface area contributed by atoms with Crippen LogP contribution in [-0.2, 0) is 9.53 Å². The van der Waals surface area contributed by atoms with E-state index in [-0.39, 0.29) is 28.1 Å². The lowest BCUT2D eigenvalue weighted by molar-refractivity contribution is -0.407. The van der Waals surface area contributed by atoms with Crippen LogP contribution in [-0.4, -0.2) is 39.8 Å². The van der Waals surface area contributed by atoms with E-state index in [1.165, 1.54) is 5.57 Å². The van der Waals surface area contributed by atoms with Gasteiger partial charge in [-0.25, -0.2) is 0 Å². The van der Waals surface area contributed by atoms with Crippen LogP contribution in [0, 0.1) is 56.7 Å². The predicted octanol–water partition coefficient (Wildman–Crippen LogP) is 5.40. The van der Waals surface area contributed by atoms with Gasteiger partial charge < -0.3 is 20.1 Å². The van der Waals surface area contributed by atoms with E-state index in [1.54, 1.807) is 0 Å². The summed E-state index contributed by atoms with van der Waals surface area (Å²) in [7, 11) is 0. The number of aliphatic hydroxyl groups is 2. The molecule has 5 heteroatoms. The Morgan fingerprint density at radius 2 is 1.77 bits per heavy atom. The number of carbonyl (C=O) groups is 1. The van der Waals surface area contributed by atoms with Crippen molar-refractivity contribution in [2.24, 2.45) is 56.7 Å². The van der Waals surface area contributed by atoms with Crippen LogP contribution in [0.25, 0.3) is 0 Å². The number of aliphatic hydroxyl groups excluding tert-OH is 1. The summed E-state index contributed by atoms with van der Waals surface area (Å²) >= 11 is 0. The van der Waals surface area contributed by atoms with Gasteiger partial charge in [-0.05, 0) is 79.4 Å². The van der Waals surface area contributed by atoms with Crippen molar-refractivity contribution in [3.8, 4) is 0 Å². The molecule has 4 saturated carbocycles. The number of fused-ring (bicyclic) bond motifs is 7. The average molecular weight is 487 g/mol. The standard InChI is InChI=1S/C30H46O5/c1-17-9-10-28(24(32)33)12-11-26(5)19(22(28)18(17)2)7-8-21-27(26,6)15-20(31)23-25(3,4)30(34)14-13-29(21,23)16-35-30/h7,17-18,20-23,31,34H,8-16H2,1-6H3,(H,32,33)/t17-,18+,20-,21+,22+,23+,26-,27-,28+,29+,30+/m1/s1. The van der Waals surface area contributed by atoms with Crippen molar-refractivity contribution in [3.63, 3.8) is 0 Å². The van der Waals surface area contributed by atoms with Gasteiger partial charge in [0.1, 0.15) is 0 Å². The summed E-state index contributed by atoms with van der Waals surface area (Å²) in [5, 5.41) is 33.8. The number of rotatable bonds is 1. The SMILES string of the molecule is C[C@H]1[C@H](C)CC[C@]2(C(=O)O)CC[C@]3(C)C(=CC[C@@H]4[C@]56CC[C@](O)(OC5)C(C)(C)[C@@H]6[C@H](O)C[C@]43C)[C@H]12. The monoisotopic (exact) mass is 486 g/mol. The lowest BCUT2D eigenvalue weighted by atomic mass is 9.32. The van der Waals surface area contributed by atoms with Crippen LogP contribution >= 0.6 is 0 Å². The molecule has 7 rings (SSSR count). The lowest BCUT2D eigenvalue weighted by Gasteiger charge is -2.75. The Morgan fingerprint density at radius 1 is 1.06 bits per heavy atom. The van der Waals surface area contributed by atoms with Gasteiger partial charge in [0.2, 0.25) is 0 Å². The summed E-state index contributed by atoms with van der Waals surface area (Å²) < 4.78 is 6.26. The molecule has 6 fully saturated rings. The highest BCUT2D eigenvalue weighted by Gasteiger charge is 2.76. The van der Waals surface area contributed by atoms with Gasteiger partial charge in [-0.15, -0.1) is 0 Å². The molecule has 0 aromatic rings. The molecule has 5 nitrogen and oxygen atoms in total. The van der Waals surface area contributed by atoms with Crippen molar-refractivity contribution in [2.75, 3.05) is 6.61 Å². The van der Waals surface area contributed by atoms with E-state index < -0.39 is 28.7 Å². The van der Waals surface area contributed by atoms with Crippen LogP contribution in [0.2, 0.25) is 0 Å². The topological polar surface area (TPSA) is 87.0 Å². The van der Waals surface area contributed by atoms with Crippen LogP contribution < -0.4 is 0 Å². The largest absolute Gasteiger partial charge is 0.481 e. The first-order valence-corrected chi connectivity index (χ1v) is 14.2. The van der Waals surface area contributed by atoms with Gasteiger partial charge in [-0.1, -0.05) is 53.2 Å². The Hall–Kier alpha value is -0.910. The first kappa shape index (κ1) is 24.4. The van der Waals surface area contributed by atoms with Crippen molar-refractivity contribution in [1.82, 2.24) is 0 Å². The quantitative estimate of drug-likeness (QED) is 0.432. The van der Waals surface area contributed by atoms with E-state index in [9.17, 15) is 20.1 Å². The normalized spacial score (nSPS) is 58.3. The summed E-state index contributed by atoms with van der Waals surface area (Å²) in [6, 6.07) is 0. The number of hydrogen-bond donors (Lipinski definition) is 3. The van der Waals surface area contributed by atoms with Crippen molar-refractivity contribution < 1.29 is 24.9 Å². The molecule has 0 unspecified atom stereocenters. The Kier molecular flexibility index (Phi) is 4.84. The molecular weight excluding hydrogens is 440 g/mol. The Bertz CT molecular complexity index is 975. The minimum absolute atomic E-state index is 0.00875.